The topological polar surface area (TPSA) is 108 Å². The first-order valence-electron chi connectivity index (χ1n) is 11.1. The smallest absolute Gasteiger partial charge is 0.407 e. The highest BCUT2D eigenvalue weighted by Gasteiger charge is 2.41. The molecule has 1 saturated carbocycles. The van der Waals surface area contributed by atoms with Gasteiger partial charge < -0.3 is 19.9 Å². The normalized spacial score (nSPS) is 23.5. The lowest BCUT2D eigenvalue weighted by Gasteiger charge is -2.42. The van der Waals surface area contributed by atoms with Crippen LogP contribution in [0.1, 0.15) is 37.2 Å². The number of rotatable bonds is 5. The molecule has 1 atom stereocenters. The van der Waals surface area contributed by atoms with Crippen molar-refractivity contribution in [1.29, 1.82) is 0 Å². The van der Waals surface area contributed by atoms with Gasteiger partial charge in [-0.05, 0) is 31.4 Å². The summed E-state index contributed by atoms with van der Waals surface area (Å²) >= 11 is 0. The van der Waals surface area contributed by atoms with E-state index in [2.05, 4.69) is 10.6 Å². The third kappa shape index (κ3) is 4.36. The van der Waals surface area contributed by atoms with Crippen LogP contribution in [0.5, 0.6) is 0 Å². The number of carbonyl (C=O) groups is 4. The molecule has 1 aromatic rings. The van der Waals surface area contributed by atoms with Gasteiger partial charge in [0.2, 0.25) is 17.7 Å². The fourth-order valence-corrected chi connectivity index (χ4v) is 4.47. The molecular weight excluding hydrogens is 438 g/mol. The van der Waals surface area contributed by atoms with Crippen LogP contribution in [0.4, 0.5) is 19.3 Å². The van der Waals surface area contributed by atoms with Crippen LogP contribution in [0.3, 0.4) is 0 Å². The van der Waals surface area contributed by atoms with Crippen LogP contribution in [-0.4, -0.2) is 67.0 Å². The Morgan fingerprint density at radius 3 is 2.30 bits per heavy atom. The van der Waals surface area contributed by atoms with Gasteiger partial charge in [-0.2, -0.15) is 0 Å². The fraction of sp³-hybridized carbons (Fsp3) is 0.545. The van der Waals surface area contributed by atoms with Crippen LogP contribution in [0, 0.1) is 17.6 Å². The first-order valence-corrected chi connectivity index (χ1v) is 11.1. The Balaban J connectivity index is 1.10. The molecule has 0 radical (unpaired) electrons. The molecule has 11 heteroatoms. The molecular formula is C22H24F2N4O5. The number of amides is 4. The predicted octanol–water partition coefficient (Wildman–Crippen LogP) is 1.02. The lowest BCUT2D eigenvalue weighted by atomic mass is 9.89. The van der Waals surface area contributed by atoms with Crippen molar-refractivity contribution in [3.8, 4) is 0 Å². The lowest BCUT2D eigenvalue weighted by Crippen LogP contribution is -2.61. The van der Waals surface area contributed by atoms with Crippen molar-refractivity contribution in [3.05, 3.63) is 29.3 Å². The number of hydrogen-bond donors (Lipinski definition) is 2. The van der Waals surface area contributed by atoms with Gasteiger partial charge in [0.1, 0.15) is 17.7 Å². The van der Waals surface area contributed by atoms with E-state index in [1.165, 1.54) is 0 Å². The zero-order valence-electron chi connectivity index (χ0n) is 17.8. The summed E-state index contributed by atoms with van der Waals surface area (Å²) in [6.07, 6.45) is 1.08. The highest BCUT2D eigenvalue weighted by molar-refractivity contribution is 6.01. The first kappa shape index (κ1) is 21.6. The van der Waals surface area contributed by atoms with E-state index in [1.807, 2.05) is 0 Å². The number of anilines is 1. The molecule has 4 aliphatic rings. The molecule has 0 spiro atoms. The Bertz CT molecular complexity index is 995. The van der Waals surface area contributed by atoms with Gasteiger partial charge in [0.05, 0.1) is 25.0 Å². The van der Waals surface area contributed by atoms with Crippen LogP contribution < -0.4 is 15.5 Å². The van der Waals surface area contributed by atoms with Crippen molar-refractivity contribution in [1.82, 2.24) is 15.5 Å². The molecule has 1 aromatic carbocycles. The van der Waals surface area contributed by atoms with Gasteiger partial charge >= 0.3 is 6.09 Å². The molecule has 3 aliphatic heterocycles. The van der Waals surface area contributed by atoms with Crippen molar-refractivity contribution in [2.75, 3.05) is 31.1 Å². The summed E-state index contributed by atoms with van der Waals surface area (Å²) in [6.45, 7) is 1.53. The second-order valence-electron chi connectivity index (χ2n) is 9.12. The number of ether oxygens (including phenoxy) is 1. The van der Waals surface area contributed by atoms with Gasteiger partial charge in [-0.3, -0.25) is 19.7 Å². The number of carbonyl (C=O) groups excluding carboxylic acids is 4. The van der Waals surface area contributed by atoms with Gasteiger partial charge in [-0.1, -0.05) is 0 Å². The zero-order chi connectivity index (χ0) is 23.3. The quantitative estimate of drug-likeness (QED) is 0.633. The van der Waals surface area contributed by atoms with Crippen LogP contribution in [0.15, 0.2) is 12.1 Å². The number of nitrogens with one attached hydrogen (secondary N) is 2. The number of hydrogen-bond acceptors (Lipinski definition) is 6. The molecule has 0 aromatic heterocycles. The van der Waals surface area contributed by atoms with E-state index in [1.54, 1.807) is 9.80 Å². The summed E-state index contributed by atoms with van der Waals surface area (Å²) < 4.78 is 34.7. The number of piperidine rings is 1. The third-order valence-electron chi connectivity index (χ3n) is 6.58. The van der Waals surface area contributed by atoms with E-state index in [0.29, 0.717) is 31.9 Å². The van der Waals surface area contributed by atoms with Gasteiger partial charge in [0, 0.05) is 36.7 Å². The summed E-state index contributed by atoms with van der Waals surface area (Å²) in [7, 11) is 0. The molecule has 2 N–H and O–H groups in total. The third-order valence-corrected chi connectivity index (χ3v) is 6.58. The van der Waals surface area contributed by atoms with Crippen molar-refractivity contribution in [3.63, 3.8) is 0 Å². The number of imide groups is 1. The Labute approximate surface area is 188 Å². The lowest BCUT2D eigenvalue weighted by molar-refractivity contribution is -0.142. The first-order chi connectivity index (χ1) is 15.8. The number of alkyl carbamates (subject to hydrolysis) is 1. The van der Waals surface area contributed by atoms with Gasteiger partial charge in [-0.25, -0.2) is 13.6 Å². The van der Waals surface area contributed by atoms with E-state index in [9.17, 15) is 28.0 Å². The molecule has 1 aliphatic carbocycles. The minimum atomic E-state index is -1.04. The fourth-order valence-electron chi connectivity index (χ4n) is 4.47. The molecule has 9 nitrogen and oxygen atoms in total. The summed E-state index contributed by atoms with van der Waals surface area (Å²) in [5.41, 5.74) is -0.0297. The van der Waals surface area contributed by atoms with Gasteiger partial charge in [0.15, 0.2) is 0 Å². The summed E-state index contributed by atoms with van der Waals surface area (Å²) in [5, 5.41) is 4.83. The maximum Gasteiger partial charge on any atom is 0.407 e. The SMILES string of the molecule is O=C1CCC(c2c(F)cc(N3CC(NC(=O)OC4CN(C(=O)C5CC5)C4)C3)cc2F)C(=O)N1. The number of halogens is 2. The molecule has 0 bridgehead atoms. The van der Waals surface area contributed by atoms with Crippen molar-refractivity contribution < 1.29 is 32.7 Å². The molecule has 3 saturated heterocycles. The molecule has 5 rings (SSSR count). The zero-order valence-corrected chi connectivity index (χ0v) is 17.8. The second-order valence-corrected chi connectivity index (χ2v) is 9.12. The van der Waals surface area contributed by atoms with Crippen molar-refractivity contribution in [2.24, 2.45) is 5.92 Å². The van der Waals surface area contributed by atoms with Gasteiger partial charge in [-0.15, -0.1) is 0 Å². The molecule has 33 heavy (non-hydrogen) atoms. The van der Waals surface area contributed by atoms with E-state index in [4.69, 9.17) is 4.74 Å². The Morgan fingerprint density at radius 2 is 1.70 bits per heavy atom. The Kier molecular flexibility index (Phi) is 5.41. The minimum absolute atomic E-state index is 0.0301. The largest absolute Gasteiger partial charge is 0.442 e. The van der Waals surface area contributed by atoms with E-state index in [-0.39, 0.29) is 42.4 Å². The monoisotopic (exact) mass is 462 g/mol. The highest BCUT2D eigenvalue weighted by Crippen LogP contribution is 2.34. The minimum Gasteiger partial charge on any atom is -0.442 e. The summed E-state index contributed by atoms with van der Waals surface area (Å²) in [5.74, 6) is -3.60. The number of nitrogens with zero attached hydrogens (tertiary/aromatic N) is 2. The Hall–Kier alpha value is -3.24. The molecule has 1 unspecified atom stereocenters. The number of likely N-dealkylation sites (tertiary alicyclic amines) is 1. The highest BCUT2D eigenvalue weighted by atomic mass is 19.1. The molecule has 176 valence electrons. The van der Waals surface area contributed by atoms with E-state index < -0.39 is 35.5 Å². The molecule has 4 amide bonds. The molecule has 3 heterocycles. The second kappa shape index (κ2) is 8.27. The summed E-state index contributed by atoms with van der Waals surface area (Å²) in [6, 6.07) is 2.09. The average molecular weight is 462 g/mol. The summed E-state index contributed by atoms with van der Waals surface area (Å²) in [4.78, 5) is 50.6. The van der Waals surface area contributed by atoms with E-state index >= 15 is 0 Å². The average Bonchev–Trinajstić information content (AvgIpc) is 3.52. The van der Waals surface area contributed by atoms with Crippen molar-refractivity contribution >= 4 is 29.5 Å². The number of benzene rings is 1. The van der Waals surface area contributed by atoms with Crippen LogP contribution in [0.2, 0.25) is 0 Å². The van der Waals surface area contributed by atoms with Crippen LogP contribution in [-0.2, 0) is 19.1 Å². The van der Waals surface area contributed by atoms with Crippen LogP contribution >= 0.6 is 0 Å². The predicted molar refractivity (Wildman–Crippen MR) is 110 cm³/mol. The Morgan fingerprint density at radius 1 is 1.03 bits per heavy atom. The van der Waals surface area contributed by atoms with Crippen molar-refractivity contribution in [2.45, 2.75) is 43.7 Å². The van der Waals surface area contributed by atoms with E-state index in [0.717, 1.165) is 25.0 Å². The maximum atomic E-state index is 14.7. The van der Waals surface area contributed by atoms with Crippen LogP contribution in [0.25, 0.3) is 0 Å². The molecule has 4 fully saturated rings. The maximum absolute atomic E-state index is 14.7. The standard InChI is InChI=1S/C22H24F2N4O5/c23-16-5-13(6-17(24)19(16)15-3-4-18(29)26-20(15)30)27-7-12(8-27)25-22(32)33-14-9-28(10-14)21(31)11-1-2-11/h5-6,11-12,14-15H,1-4,7-10H2,(H,25,32)(H,26,29,30). The van der Waals surface area contributed by atoms with Gasteiger partial charge in [0.25, 0.3) is 0 Å².